The number of nitrogens with zero attached hydrogens (tertiary/aromatic N) is 2. The molecule has 2 aromatic carbocycles. The van der Waals surface area contributed by atoms with Gasteiger partial charge in [0.25, 0.3) is 0 Å². The average molecular weight is 335 g/mol. The van der Waals surface area contributed by atoms with Gasteiger partial charge in [0.15, 0.2) is 0 Å². The first-order valence-corrected chi connectivity index (χ1v) is 8.77. The number of rotatable bonds is 5. The van der Waals surface area contributed by atoms with E-state index in [4.69, 9.17) is 4.42 Å². The Kier molecular flexibility index (Phi) is 3.99. The first-order valence-electron chi connectivity index (χ1n) is 8.77. The Morgan fingerprint density at radius 1 is 1.16 bits per heavy atom. The van der Waals surface area contributed by atoms with Gasteiger partial charge in [-0.1, -0.05) is 38.1 Å². The van der Waals surface area contributed by atoms with Crippen molar-refractivity contribution in [2.24, 2.45) is 0 Å². The molecule has 0 unspecified atom stereocenters. The highest BCUT2D eigenvalue weighted by Gasteiger charge is 2.17. The van der Waals surface area contributed by atoms with Crippen LogP contribution < -0.4 is 5.32 Å². The van der Waals surface area contributed by atoms with Gasteiger partial charge in [-0.2, -0.15) is 0 Å². The van der Waals surface area contributed by atoms with Gasteiger partial charge in [-0.05, 0) is 35.4 Å². The van der Waals surface area contributed by atoms with Gasteiger partial charge in [0.2, 0.25) is 17.7 Å². The predicted molar refractivity (Wildman–Crippen MR) is 96.7 cm³/mol. The lowest BCUT2D eigenvalue weighted by molar-refractivity contribution is -0.116. The smallest absolute Gasteiger partial charge is 0.224 e. The van der Waals surface area contributed by atoms with Crippen LogP contribution >= 0.6 is 0 Å². The van der Waals surface area contributed by atoms with Crippen LogP contribution in [0.25, 0.3) is 10.8 Å². The van der Waals surface area contributed by atoms with E-state index in [0.29, 0.717) is 24.6 Å². The van der Waals surface area contributed by atoms with Crippen LogP contribution in [0.1, 0.15) is 49.1 Å². The molecule has 0 spiro atoms. The van der Waals surface area contributed by atoms with Crippen molar-refractivity contribution in [3.8, 4) is 0 Å². The van der Waals surface area contributed by atoms with Crippen molar-refractivity contribution in [2.75, 3.05) is 5.32 Å². The molecule has 1 aliphatic carbocycles. The predicted octanol–water partition coefficient (Wildman–Crippen LogP) is 4.02. The number of hydrogen-bond donors (Lipinski definition) is 1. The van der Waals surface area contributed by atoms with Gasteiger partial charge in [0.05, 0.1) is 0 Å². The van der Waals surface area contributed by atoms with E-state index in [1.165, 1.54) is 16.5 Å². The quantitative estimate of drug-likeness (QED) is 0.765. The summed E-state index contributed by atoms with van der Waals surface area (Å²) in [6, 6.07) is 10.5. The van der Waals surface area contributed by atoms with Gasteiger partial charge < -0.3 is 9.73 Å². The van der Waals surface area contributed by atoms with E-state index in [2.05, 4.69) is 39.8 Å². The summed E-state index contributed by atoms with van der Waals surface area (Å²) in [4.78, 5) is 12.4. The number of amides is 1. The zero-order chi connectivity index (χ0) is 17.4. The second kappa shape index (κ2) is 6.31. The number of carbonyl (C=O) groups is 1. The third-order valence-corrected chi connectivity index (χ3v) is 4.69. The Balaban J connectivity index is 1.47. The van der Waals surface area contributed by atoms with Gasteiger partial charge in [0, 0.05) is 29.8 Å². The topological polar surface area (TPSA) is 68.0 Å². The van der Waals surface area contributed by atoms with Crippen LogP contribution in [0.2, 0.25) is 0 Å². The molecule has 0 saturated carbocycles. The van der Waals surface area contributed by atoms with Crippen molar-refractivity contribution in [1.29, 1.82) is 0 Å². The number of aryl methyl sites for hydroxylation is 3. The fourth-order valence-corrected chi connectivity index (χ4v) is 3.39. The molecule has 1 aromatic heterocycles. The van der Waals surface area contributed by atoms with E-state index >= 15 is 0 Å². The Hall–Kier alpha value is -2.69. The molecule has 0 radical (unpaired) electrons. The lowest BCUT2D eigenvalue weighted by Crippen LogP contribution is -2.12. The SMILES string of the molecule is CC(C)c1nnc(CCC(=O)Nc2ccc3c4c(cccc24)CC3)o1. The largest absolute Gasteiger partial charge is 0.425 e. The Bertz CT molecular complexity index is 933. The summed E-state index contributed by atoms with van der Waals surface area (Å²) in [7, 11) is 0. The van der Waals surface area contributed by atoms with Crippen LogP contribution in [-0.4, -0.2) is 16.1 Å². The van der Waals surface area contributed by atoms with Crippen LogP contribution in [-0.2, 0) is 24.1 Å². The van der Waals surface area contributed by atoms with Crippen molar-refractivity contribution in [3.05, 3.63) is 53.2 Å². The molecule has 3 aromatic rings. The molecule has 4 rings (SSSR count). The Morgan fingerprint density at radius 2 is 1.96 bits per heavy atom. The highest BCUT2D eigenvalue weighted by molar-refractivity contribution is 6.05. The summed E-state index contributed by atoms with van der Waals surface area (Å²) < 4.78 is 5.55. The van der Waals surface area contributed by atoms with Crippen molar-refractivity contribution in [3.63, 3.8) is 0 Å². The molecule has 0 saturated heterocycles. The second-order valence-corrected chi connectivity index (χ2v) is 6.85. The maximum absolute atomic E-state index is 12.4. The standard InChI is InChI=1S/C20H21N3O2/c1-12(2)20-23-22-18(25-20)11-10-17(24)21-16-9-8-14-7-6-13-4-3-5-15(16)19(13)14/h3-5,8-9,12H,6-7,10-11H2,1-2H3,(H,21,24). The number of nitrogens with one attached hydrogen (secondary N) is 1. The summed E-state index contributed by atoms with van der Waals surface area (Å²) in [5, 5.41) is 13.5. The molecule has 5 heteroatoms. The maximum Gasteiger partial charge on any atom is 0.224 e. The molecule has 128 valence electrons. The van der Waals surface area contributed by atoms with Crippen LogP contribution in [0, 0.1) is 0 Å². The third kappa shape index (κ3) is 3.02. The van der Waals surface area contributed by atoms with Crippen molar-refractivity contribution < 1.29 is 9.21 Å². The minimum absolute atomic E-state index is 0.0389. The summed E-state index contributed by atoms with van der Waals surface area (Å²) >= 11 is 0. The minimum atomic E-state index is -0.0389. The number of carbonyl (C=O) groups excluding carboxylic acids is 1. The molecule has 5 nitrogen and oxygen atoms in total. The molecular weight excluding hydrogens is 314 g/mol. The van der Waals surface area contributed by atoms with Crippen molar-refractivity contribution in [1.82, 2.24) is 10.2 Å². The van der Waals surface area contributed by atoms with E-state index in [1.807, 2.05) is 19.9 Å². The maximum atomic E-state index is 12.4. The van der Waals surface area contributed by atoms with Gasteiger partial charge in [-0.15, -0.1) is 10.2 Å². The number of aromatic nitrogens is 2. The van der Waals surface area contributed by atoms with Crippen LogP contribution in [0.4, 0.5) is 5.69 Å². The molecule has 0 fully saturated rings. The van der Waals surface area contributed by atoms with Crippen LogP contribution in [0.3, 0.4) is 0 Å². The third-order valence-electron chi connectivity index (χ3n) is 4.69. The van der Waals surface area contributed by atoms with E-state index in [-0.39, 0.29) is 11.8 Å². The average Bonchev–Trinajstić information content (AvgIpc) is 3.24. The summed E-state index contributed by atoms with van der Waals surface area (Å²) in [6.45, 7) is 4.00. The number of benzene rings is 2. The van der Waals surface area contributed by atoms with Crippen LogP contribution in [0.5, 0.6) is 0 Å². The molecule has 1 aliphatic rings. The van der Waals surface area contributed by atoms with Gasteiger partial charge in [0.1, 0.15) is 0 Å². The summed E-state index contributed by atoms with van der Waals surface area (Å²) in [5.41, 5.74) is 3.62. The molecule has 25 heavy (non-hydrogen) atoms. The van der Waals surface area contributed by atoms with E-state index < -0.39 is 0 Å². The van der Waals surface area contributed by atoms with E-state index in [0.717, 1.165) is 23.9 Å². The number of hydrogen-bond acceptors (Lipinski definition) is 4. The molecular formula is C20H21N3O2. The summed E-state index contributed by atoms with van der Waals surface area (Å²) in [6.07, 6.45) is 2.94. The van der Waals surface area contributed by atoms with Gasteiger partial charge in [-0.25, -0.2) is 0 Å². The molecule has 1 heterocycles. The minimum Gasteiger partial charge on any atom is -0.425 e. The van der Waals surface area contributed by atoms with Crippen molar-refractivity contribution >= 4 is 22.4 Å². The molecule has 0 aliphatic heterocycles. The highest BCUT2D eigenvalue weighted by atomic mass is 16.4. The van der Waals surface area contributed by atoms with Crippen molar-refractivity contribution in [2.45, 2.75) is 45.4 Å². The lowest BCUT2D eigenvalue weighted by Gasteiger charge is -2.10. The summed E-state index contributed by atoms with van der Waals surface area (Å²) in [5.74, 6) is 1.29. The first kappa shape index (κ1) is 15.8. The molecule has 0 bridgehead atoms. The Morgan fingerprint density at radius 3 is 2.72 bits per heavy atom. The lowest BCUT2D eigenvalue weighted by atomic mass is 10.0. The molecule has 1 amide bonds. The zero-order valence-corrected chi connectivity index (χ0v) is 14.5. The fraction of sp³-hybridized carbons (Fsp3) is 0.350. The first-order chi connectivity index (χ1) is 12.1. The van der Waals surface area contributed by atoms with Gasteiger partial charge in [-0.3, -0.25) is 4.79 Å². The highest BCUT2D eigenvalue weighted by Crippen LogP contribution is 2.35. The Labute approximate surface area is 146 Å². The molecule has 0 atom stereocenters. The van der Waals surface area contributed by atoms with E-state index in [1.54, 1.807) is 0 Å². The zero-order valence-electron chi connectivity index (χ0n) is 14.5. The fourth-order valence-electron chi connectivity index (χ4n) is 3.39. The molecule has 1 N–H and O–H groups in total. The van der Waals surface area contributed by atoms with E-state index in [9.17, 15) is 4.79 Å². The normalized spacial score (nSPS) is 12.9. The monoisotopic (exact) mass is 335 g/mol. The second-order valence-electron chi connectivity index (χ2n) is 6.85. The number of anilines is 1. The van der Waals surface area contributed by atoms with Crippen LogP contribution in [0.15, 0.2) is 34.7 Å². The van der Waals surface area contributed by atoms with Gasteiger partial charge >= 0.3 is 0 Å².